The predicted molar refractivity (Wildman–Crippen MR) is 96.0 cm³/mol. The zero-order valence-corrected chi connectivity index (χ0v) is 13.6. The summed E-state index contributed by atoms with van der Waals surface area (Å²) in [6.07, 6.45) is 0. The molecule has 2 N–H and O–H groups in total. The van der Waals surface area contributed by atoms with Gasteiger partial charge in [0.25, 0.3) is 0 Å². The van der Waals surface area contributed by atoms with E-state index in [0.717, 1.165) is 10.8 Å². The molecule has 0 spiro atoms. The van der Waals surface area contributed by atoms with E-state index in [0.29, 0.717) is 16.9 Å². The molecule has 5 heteroatoms. The minimum absolute atomic E-state index is 0. The Bertz CT molecular complexity index is 875. The van der Waals surface area contributed by atoms with E-state index < -0.39 is 5.97 Å². The van der Waals surface area contributed by atoms with Crippen molar-refractivity contribution in [1.82, 2.24) is 0 Å². The molecule has 0 aliphatic rings. The summed E-state index contributed by atoms with van der Waals surface area (Å²) < 4.78 is 5.34. The summed E-state index contributed by atoms with van der Waals surface area (Å²) in [5.74, 6) is -0.206. The van der Waals surface area contributed by atoms with Gasteiger partial charge in [-0.05, 0) is 47.2 Å². The molecular weight excluding hydrogens is 326 g/mol. The summed E-state index contributed by atoms with van der Waals surface area (Å²) in [6.45, 7) is -0.0454. The standard InChI is InChI=1S/C19H15NO3.ClH/c20-12-18(21)14-7-9-17(10-8-14)23-19(22)16-6-5-13-3-1-2-4-15(13)11-16;/h1-11H,12,20H2;1H. The van der Waals surface area contributed by atoms with Crippen molar-refractivity contribution in [2.24, 2.45) is 5.73 Å². The van der Waals surface area contributed by atoms with Gasteiger partial charge in [0, 0.05) is 5.56 Å². The Hall–Kier alpha value is -2.69. The van der Waals surface area contributed by atoms with Crippen LogP contribution in [-0.4, -0.2) is 18.3 Å². The van der Waals surface area contributed by atoms with E-state index in [4.69, 9.17) is 10.5 Å². The van der Waals surface area contributed by atoms with Gasteiger partial charge in [-0.2, -0.15) is 0 Å². The number of halogens is 1. The number of hydrogen-bond donors (Lipinski definition) is 1. The highest BCUT2D eigenvalue weighted by atomic mass is 35.5. The van der Waals surface area contributed by atoms with Crippen LogP contribution >= 0.6 is 12.4 Å². The third-order valence-corrected chi connectivity index (χ3v) is 3.56. The molecule has 0 bridgehead atoms. The lowest BCUT2D eigenvalue weighted by Gasteiger charge is -2.06. The number of Topliss-reactive ketones (excluding diaryl/α,β-unsaturated/α-hetero) is 1. The van der Waals surface area contributed by atoms with Gasteiger partial charge in [-0.1, -0.05) is 30.3 Å². The molecule has 4 nitrogen and oxygen atoms in total. The minimum Gasteiger partial charge on any atom is -0.423 e. The summed E-state index contributed by atoms with van der Waals surface area (Å²) in [5, 5.41) is 2.04. The first-order chi connectivity index (χ1) is 11.2. The molecule has 0 unspecified atom stereocenters. The summed E-state index contributed by atoms with van der Waals surface area (Å²) >= 11 is 0. The first-order valence-corrected chi connectivity index (χ1v) is 7.22. The topological polar surface area (TPSA) is 69.4 Å². The first kappa shape index (κ1) is 17.7. The molecule has 3 aromatic rings. The normalized spacial score (nSPS) is 10.0. The zero-order chi connectivity index (χ0) is 16.2. The maximum atomic E-state index is 12.2. The summed E-state index contributed by atoms with van der Waals surface area (Å²) in [4.78, 5) is 23.7. The van der Waals surface area contributed by atoms with Crippen molar-refractivity contribution in [3.8, 4) is 5.75 Å². The van der Waals surface area contributed by atoms with Crippen LogP contribution in [0.25, 0.3) is 10.8 Å². The van der Waals surface area contributed by atoms with Crippen LogP contribution in [0.4, 0.5) is 0 Å². The van der Waals surface area contributed by atoms with Crippen LogP contribution in [0.3, 0.4) is 0 Å². The lowest BCUT2D eigenvalue weighted by molar-refractivity contribution is 0.0735. The Morgan fingerprint density at radius 2 is 1.46 bits per heavy atom. The van der Waals surface area contributed by atoms with Gasteiger partial charge in [0.15, 0.2) is 5.78 Å². The Morgan fingerprint density at radius 3 is 2.12 bits per heavy atom. The summed E-state index contributed by atoms with van der Waals surface area (Å²) in [5.41, 5.74) is 6.29. The summed E-state index contributed by atoms with van der Waals surface area (Å²) in [6, 6.07) is 19.6. The third kappa shape index (κ3) is 3.79. The van der Waals surface area contributed by atoms with E-state index in [9.17, 15) is 9.59 Å². The number of ether oxygens (including phenoxy) is 1. The molecule has 0 heterocycles. The second-order valence-corrected chi connectivity index (χ2v) is 5.10. The molecule has 0 fully saturated rings. The van der Waals surface area contributed by atoms with Crippen LogP contribution in [-0.2, 0) is 0 Å². The lowest BCUT2D eigenvalue weighted by Crippen LogP contribution is -2.13. The van der Waals surface area contributed by atoms with E-state index in [1.54, 1.807) is 36.4 Å². The monoisotopic (exact) mass is 341 g/mol. The van der Waals surface area contributed by atoms with Crippen molar-refractivity contribution in [2.75, 3.05) is 6.54 Å². The van der Waals surface area contributed by atoms with Crippen molar-refractivity contribution in [3.05, 3.63) is 77.9 Å². The smallest absolute Gasteiger partial charge is 0.343 e. The molecule has 3 aromatic carbocycles. The fraction of sp³-hybridized carbons (Fsp3) is 0.0526. The molecule has 0 amide bonds. The molecular formula is C19H16ClNO3. The average Bonchev–Trinajstić information content (AvgIpc) is 2.61. The second-order valence-electron chi connectivity index (χ2n) is 5.10. The van der Waals surface area contributed by atoms with Gasteiger partial charge in [0.05, 0.1) is 12.1 Å². The van der Waals surface area contributed by atoms with E-state index in [1.165, 1.54) is 0 Å². The molecule has 122 valence electrons. The van der Waals surface area contributed by atoms with Crippen molar-refractivity contribution in [3.63, 3.8) is 0 Å². The van der Waals surface area contributed by atoms with Crippen LogP contribution in [0, 0.1) is 0 Å². The highest BCUT2D eigenvalue weighted by Crippen LogP contribution is 2.18. The lowest BCUT2D eigenvalue weighted by atomic mass is 10.1. The van der Waals surface area contributed by atoms with Gasteiger partial charge in [-0.15, -0.1) is 12.4 Å². The maximum absolute atomic E-state index is 12.2. The molecule has 0 saturated carbocycles. The van der Waals surface area contributed by atoms with Crippen LogP contribution in [0.2, 0.25) is 0 Å². The molecule has 0 aromatic heterocycles. The average molecular weight is 342 g/mol. The number of ketones is 1. The SMILES string of the molecule is Cl.NCC(=O)c1ccc(OC(=O)c2ccc3ccccc3c2)cc1. The first-order valence-electron chi connectivity index (χ1n) is 7.22. The van der Waals surface area contributed by atoms with Crippen LogP contribution in [0.15, 0.2) is 66.7 Å². The number of hydrogen-bond acceptors (Lipinski definition) is 4. The summed E-state index contributed by atoms with van der Waals surface area (Å²) in [7, 11) is 0. The number of rotatable bonds is 4. The highest BCUT2D eigenvalue weighted by Gasteiger charge is 2.10. The fourth-order valence-electron chi connectivity index (χ4n) is 2.31. The van der Waals surface area contributed by atoms with Gasteiger partial charge < -0.3 is 10.5 Å². The molecule has 24 heavy (non-hydrogen) atoms. The Labute approximate surface area is 145 Å². The Kier molecular flexibility index (Phi) is 5.68. The van der Waals surface area contributed by atoms with Crippen LogP contribution < -0.4 is 10.5 Å². The minimum atomic E-state index is -0.436. The molecule has 0 aliphatic heterocycles. The zero-order valence-electron chi connectivity index (χ0n) is 12.8. The van der Waals surface area contributed by atoms with Crippen molar-refractivity contribution < 1.29 is 14.3 Å². The highest BCUT2D eigenvalue weighted by molar-refractivity contribution is 5.98. The van der Waals surface area contributed by atoms with Gasteiger partial charge in [0.2, 0.25) is 0 Å². The van der Waals surface area contributed by atoms with E-state index >= 15 is 0 Å². The Balaban J connectivity index is 0.00000208. The molecule has 0 saturated heterocycles. The van der Waals surface area contributed by atoms with Gasteiger partial charge in [0.1, 0.15) is 5.75 Å². The van der Waals surface area contributed by atoms with Crippen molar-refractivity contribution in [1.29, 1.82) is 0 Å². The van der Waals surface area contributed by atoms with E-state index in [2.05, 4.69) is 0 Å². The fourth-order valence-corrected chi connectivity index (χ4v) is 2.31. The third-order valence-electron chi connectivity index (χ3n) is 3.56. The van der Waals surface area contributed by atoms with Gasteiger partial charge in [-0.3, -0.25) is 4.79 Å². The quantitative estimate of drug-likeness (QED) is 0.447. The number of carbonyl (C=O) groups is 2. The van der Waals surface area contributed by atoms with Gasteiger partial charge >= 0.3 is 5.97 Å². The maximum Gasteiger partial charge on any atom is 0.343 e. The van der Waals surface area contributed by atoms with Crippen molar-refractivity contribution >= 4 is 34.9 Å². The van der Waals surface area contributed by atoms with E-state index in [1.807, 2.05) is 30.3 Å². The van der Waals surface area contributed by atoms with Crippen LogP contribution in [0.5, 0.6) is 5.75 Å². The molecule has 0 aliphatic carbocycles. The van der Waals surface area contributed by atoms with Crippen LogP contribution in [0.1, 0.15) is 20.7 Å². The number of fused-ring (bicyclic) bond motifs is 1. The second kappa shape index (κ2) is 7.73. The predicted octanol–water partition coefficient (Wildman–Crippen LogP) is 3.62. The largest absolute Gasteiger partial charge is 0.423 e. The molecule has 3 rings (SSSR count). The molecule has 0 radical (unpaired) electrons. The van der Waals surface area contributed by atoms with Gasteiger partial charge in [-0.25, -0.2) is 4.79 Å². The number of benzene rings is 3. The number of carbonyl (C=O) groups excluding carboxylic acids is 2. The van der Waals surface area contributed by atoms with E-state index in [-0.39, 0.29) is 24.7 Å². The number of esters is 1. The van der Waals surface area contributed by atoms with Crippen molar-refractivity contribution in [2.45, 2.75) is 0 Å². The Morgan fingerprint density at radius 1 is 0.833 bits per heavy atom. The molecule has 0 atom stereocenters. The number of nitrogens with two attached hydrogens (primary N) is 1.